The highest BCUT2D eigenvalue weighted by Crippen LogP contribution is 2.40. The van der Waals surface area contributed by atoms with Gasteiger partial charge in [-0.25, -0.2) is 32.7 Å². The SMILES string of the molecule is Cc1[nH]nc(Nc2ncnc3cc(OCCCN4CCN(C(=O)c5cnc(N6CCN(C[C@H]7CN[C@H](C)CN7CC(=O)N7CC(C)(C)c8[nH]c(=O)c(Cc9ccc(F)cc9)cc87)C(C)C6)cn5)CC4)c(S(=O)(=O)C(C)(C)C)cc23)c1C. The minimum absolute atomic E-state index is 0.0108. The van der Waals surface area contributed by atoms with Gasteiger partial charge in [-0.1, -0.05) is 26.0 Å². The maximum absolute atomic E-state index is 14.4. The number of hydrogen-bond donors (Lipinski definition) is 4. The number of amides is 2. The number of rotatable bonds is 16. The summed E-state index contributed by atoms with van der Waals surface area (Å²) in [5, 5.41) is 14.7. The quantitative estimate of drug-likeness (QED) is 0.0910. The van der Waals surface area contributed by atoms with Gasteiger partial charge in [0.1, 0.15) is 40.1 Å². The van der Waals surface area contributed by atoms with Gasteiger partial charge in [-0.05, 0) is 84.7 Å². The third-order valence-corrected chi connectivity index (χ3v) is 19.0. The van der Waals surface area contributed by atoms with E-state index >= 15 is 0 Å². The van der Waals surface area contributed by atoms with E-state index < -0.39 is 20.0 Å². The van der Waals surface area contributed by atoms with Crippen molar-refractivity contribution >= 4 is 55.7 Å². The number of carbonyl (C=O) groups excluding carboxylic acids is 2. The lowest BCUT2D eigenvalue weighted by Gasteiger charge is -2.46. The molecule has 4 aromatic heterocycles. The summed E-state index contributed by atoms with van der Waals surface area (Å²) in [7, 11) is -3.84. The first-order valence-electron chi connectivity index (χ1n) is 28.1. The molecule has 4 aliphatic heterocycles. The Balaban J connectivity index is 0.696. The van der Waals surface area contributed by atoms with Crippen LogP contribution in [0.2, 0.25) is 0 Å². The summed E-state index contributed by atoms with van der Waals surface area (Å²) in [5.41, 5.74) is 4.85. The minimum atomic E-state index is -3.84. The number of nitrogens with one attached hydrogen (secondary N) is 4. The maximum atomic E-state index is 14.4. The van der Waals surface area contributed by atoms with E-state index in [1.165, 1.54) is 18.5 Å². The van der Waals surface area contributed by atoms with E-state index in [0.717, 1.165) is 73.3 Å². The molecule has 0 spiro atoms. The largest absolute Gasteiger partial charge is 0.492 e. The number of hydrogen-bond acceptors (Lipinski definition) is 17. The van der Waals surface area contributed by atoms with Gasteiger partial charge in [-0.3, -0.25) is 34.2 Å². The first-order chi connectivity index (χ1) is 38.5. The molecule has 3 atom stereocenters. The van der Waals surface area contributed by atoms with Crippen LogP contribution in [0.1, 0.15) is 93.5 Å². The second kappa shape index (κ2) is 23.1. The van der Waals surface area contributed by atoms with Gasteiger partial charge in [-0.2, -0.15) is 5.10 Å². The zero-order valence-corrected chi connectivity index (χ0v) is 48.8. The number of nitrogens with zero attached hydrogens (tertiary/aromatic N) is 11. The van der Waals surface area contributed by atoms with E-state index in [-0.39, 0.29) is 65.1 Å². The summed E-state index contributed by atoms with van der Waals surface area (Å²) >= 11 is 0. The van der Waals surface area contributed by atoms with Crippen LogP contribution in [0, 0.1) is 19.7 Å². The molecule has 2 aromatic carbocycles. The zero-order valence-electron chi connectivity index (χ0n) is 48.0. The van der Waals surface area contributed by atoms with Crippen molar-refractivity contribution < 1.29 is 27.1 Å². The van der Waals surface area contributed by atoms with E-state index in [9.17, 15) is 27.2 Å². The van der Waals surface area contributed by atoms with Crippen molar-refractivity contribution in [3.8, 4) is 5.75 Å². The zero-order chi connectivity index (χ0) is 57.5. The lowest BCUT2D eigenvalue weighted by Crippen LogP contribution is -2.63. The maximum Gasteiger partial charge on any atom is 0.274 e. The molecular formula is C58H76FN15O6S. The average Bonchev–Trinajstić information content (AvgIpc) is 3.85. The molecule has 10 rings (SSSR count). The molecule has 23 heteroatoms. The van der Waals surface area contributed by atoms with Crippen molar-refractivity contribution in [1.82, 2.24) is 60.0 Å². The van der Waals surface area contributed by atoms with Crippen molar-refractivity contribution in [2.75, 3.05) is 107 Å². The standard InChI is InChI=1S/C58H76FN15O6S/c1-36-30-73(33-51(75)74-34-58(8,9)52-47(74)24-41(55(76)65-52)23-40-11-13-42(59)14-12-40)43(27-60-36)32-71-20-21-72(31-37(71)2)50-29-61-46(28-62-50)56(77)70-18-16-69(17-19-70)15-10-22-80-48-26-45-44(25-49(48)81(78,79)57(5,6)7)54(64-35-63-45)66-53-38(3)39(4)67-68-53/h11-14,24-26,28-29,35-37,43,60H,10,15-23,27,30-34H2,1-9H3,(H,65,76)(H2,63,64,66,67,68)/t36-,37?,43-/m1/s1. The molecular weight excluding hydrogens is 1050 g/mol. The number of benzene rings is 2. The lowest BCUT2D eigenvalue weighted by molar-refractivity contribution is -0.120. The predicted octanol–water partition coefficient (Wildman–Crippen LogP) is 5.22. The summed E-state index contributed by atoms with van der Waals surface area (Å²) in [5.74, 6) is 1.48. The van der Waals surface area contributed by atoms with E-state index in [0.29, 0.717) is 85.9 Å². The van der Waals surface area contributed by atoms with Crippen molar-refractivity contribution in [3.05, 3.63) is 111 Å². The number of piperazine rings is 3. The normalized spacial score (nSPS) is 20.2. The fraction of sp³-hybridized carbons (Fsp3) is 0.517. The van der Waals surface area contributed by atoms with Gasteiger partial charge < -0.3 is 35.1 Å². The molecule has 4 aliphatic rings. The Kier molecular flexibility index (Phi) is 16.4. The number of aromatic nitrogens is 7. The summed E-state index contributed by atoms with van der Waals surface area (Å²) in [4.78, 5) is 75.7. The molecule has 3 fully saturated rings. The van der Waals surface area contributed by atoms with Crippen molar-refractivity contribution in [3.63, 3.8) is 0 Å². The van der Waals surface area contributed by atoms with Crippen LogP contribution < -0.4 is 30.7 Å². The third-order valence-electron chi connectivity index (χ3n) is 16.5. The van der Waals surface area contributed by atoms with Gasteiger partial charge in [-0.15, -0.1) is 0 Å². The highest BCUT2D eigenvalue weighted by atomic mass is 32.2. The molecule has 8 heterocycles. The molecule has 3 saturated heterocycles. The fourth-order valence-corrected chi connectivity index (χ4v) is 12.7. The molecule has 81 heavy (non-hydrogen) atoms. The number of ether oxygens (including phenoxy) is 1. The molecule has 4 N–H and O–H groups in total. The van der Waals surface area contributed by atoms with Crippen LogP contribution in [0.15, 0.2) is 70.9 Å². The van der Waals surface area contributed by atoms with Crippen LogP contribution in [-0.4, -0.2) is 190 Å². The first-order valence-corrected chi connectivity index (χ1v) is 29.6. The highest BCUT2D eigenvalue weighted by Gasteiger charge is 2.42. The number of halogens is 1. The highest BCUT2D eigenvalue weighted by molar-refractivity contribution is 7.92. The summed E-state index contributed by atoms with van der Waals surface area (Å²) in [6.45, 7) is 25.9. The number of H-pyrrole nitrogens is 2. The number of aromatic amines is 2. The van der Waals surface area contributed by atoms with Gasteiger partial charge in [0.15, 0.2) is 15.7 Å². The van der Waals surface area contributed by atoms with Gasteiger partial charge in [0, 0.05) is 142 Å². The van der Waals surface area contributed by atoms with E-state index in [1.807, 2.05) is 43.6 Å². The molecule has 0 saturated carbocycles. The number of pyridine rings is 1. The predicted molar refractivity (Wildman–Crippen MR) is 310 cm³/mol. The minimum Gasteiger partial charge on any atom is -0.492 e. The summed E-state index contributed by atoms with van der Waals surface area (Å²) in [6, 6.07) is 11.7. The molecule has 1 unspecified atom stereocenters. The lowest BCUT2D eigenvalue weighted by atomic mass is 9.91. The Bertz CT molecular complexity index is 3450. The Morgan fingerprint density at radius 2 is 1.68 bits per heavy atom. The number of sulfone groups is 1. The Labute approximate surface area is 473 Å². The van der Waals surface area contributed by atoms with E-state index in [1.54, 1.807) is 57.4 Å². The van der Waals surface area contributed by atoms with Crippen molar-refractivity contribution in [1.29, 1.82) is 0 Å². The monoisotopic (exact) mass is 1130 g/mol. The smallest absolute Gasteiger partial charge is 0.274 e. The van der Waals surface area contributed by atoms with Crippen LogP contribution in [0.5, 0.6) is 5.75 Å². The number of aryl methyl sites for hydroxylation is 1. The van der Waals surface area contributed by atoms with E-state index in [2.05, 4.69) is 74.2 Å². The van der Waals surface area contributed by atoms with Crippen LogP contribution in [0.3, 0.4) is 0 Å². The third kappa shape index (κ3) is 12.3. The fourth-order valence-electron chi connectivity index (χ4n) is 11.4. The average molecular weight is 1130 g/mol. The molecule has 21 nitrogen and oxygen atoms in total. The molecule has 2 amide bonds. The van der Waals surface area contributed by atoms with Crippen LogP contribution in [0.25, 0.3) is 10.9 Å². The number of fused-ring (bicyclic) bond motifs is 2. The van der Waals surface area contributed by atoms with E-state index in [4.69, 9.17) is 9.72 Å². The van der Waals surface area contributed by atoms with Gasteiger partial charge in [0.2, 0.25) is 5.91 Å². The van der Waals surface area contributed by atoms with Crippen molar-refractivity contribution in [2.45, 2.75) is 108 Å². The second-order valence-electron chi connectivity index (χ2n) is 23.9. The van der Waals surface area contributed by atoms with Crippen LogP contribution in [-0.2, 0) is 26.5 Å². The van der Waals surface area contributed by atoms with Crippen LogP contribution in [0.4, 0.5) is 27.5 Å². The van der Waals surface area contributed by atoms with Gasteiger partial charge in [0.05, 0.1) is 41.5 Å². The molecule has 0 bridgehead atoms. The Morgan fingerprint density at radius 1 is 0.914 bits per heavy atom. The first kappa shape index (κ1) is 57.3. The summed E-state index contributed by atoms with van der Waals surface area (Å²) < 4.78 is 46.8. The van der Waals surface area contributed by atoms with Crippen molar-refractivity contribution in [2.24, 2.45) is 0 Å². The Morgan fingerprint density at radius 3 is 2.37 bits per heavy atom. The number of carbonyl (C=O) groups is 2. The van der Waals surface area contributed by atoms with Gasteiger partial charge >= 0.3 is 0 Å². The number of anilines is 4. The topological polar surface area (TPSA) is 234 Å². The molecule has 432 valence electrons. The Hall–Kier alpha value is -6.92. The molecule has 0 radical (unpaired) electrons. The molecule has 6 aromatic rings. The van der Waals surface area contributed by atoms with Crippen LogP contribution >= 0.6 is 0 Å². The molecule has 0 aliphatic carbocycles. The summed E-state index contributed by atoms with van der Waals surface area (Å²) in [6.07, 6.45) is 5.66. The van der Waals surface area contributed by atoms with Gasteiger partial charge in [0.25, 0.3) is 11.5 Å². The second-order valence-corrected chi connectivity index (χ2v) is 26.6.